The van der Waals surface area contributed by atoms with Gasteiger partial charge in [0.05, 0.1) is 62.3 Å². The molecule has 9 heteroatoms. The maximum Gasteiger partial charge on any atom is 0.237 e. The van der Waals surface area contributed by atoms with Crippen LogP contribution in [-0.2, 0) is 0 Å². The molecule has 0 aliphatic carbocycles. The highest BCUT2D eigenvalue weighted by Crippen LogP contribution is 2.56. The molecule has 0 saturated carbocycles. The highest BCUT2D eigenvalue weighted by Gasteiger charge is 2.35. The lowest BCUT2D eigenvalue weighted by Crippen LogP contribution is -2.11. The second-order valence-corrected chi connectivity index (χ2v) is 24.7. The van der Waals surface area contributed by atoms with E-state index >= 15 is 0 Å². The van der Waals surface area contributed by atoms with Gasteiger partial charge in [0.25, 0.3) is 0 Å². The lowest BCUT2D eigenvalue weighted by Gasteiger charge is -2.26. The van der Waals surface area contributed by atoms with Crippen LogP contribution in [0.2, 0.25) is 0 Å². The van der Waals surface area contributed by atoms with E-state index in [1.54, 1.807) is 11.3 Å². The SMILES string of the molecule is [C-]#[N+]c1c(-n2c3ccccc3c3c4sc5ccccc5c4ccc32)c(C#N)c(-c2cccc3c2oc2ccccc23)c(-n2c3ccccc3c3c4sc5ccccc5c4ccc32)c1-n1c2ccccc2c2c3sc4ccccc4c3ccc21. The van der Waals surface area contributed by atoms with Crippen LogP contribution in [0, 0.1) is 17.9 Å². The number of fused-ring (bicyclic) bond motifs is 24. The van der Waals surface area contributed by atoms with Gasteiger partial charge < -0.3 is 18.1 Å². The molecule has 0 unspecified atom stereocenters. The number of nitriles is 1. The molecule has 0 spiro atoms. The first-order valence-electron chi connectivity index (χ1n) is 27.6. The number of furan rings is 1. The first kappa shape index (κ1) is 45.2. The third-order valence-electron chi connectivity index (χ3n) is 17.5. The maximum absolute atomic E-state index is 12.7. The smallest absolute Gasteiger partial charge is 0.237 e. The number of rotatable bonds is 4. The van der Waals surface area contributed by atoms with Gasteiger partial charge in [-0.1, -0.05) is 164 Å². The molecular formula is C74H37N5OS3. The second-order valence-electron chi connectivity index (χ2n) is 21.5. The zero-order valence-electron chi connectivity index (χ0n) is 43.7. The van der Waals surface area contributed by atoms with Gasteiger partial charge in [0, 0.05) is 115 Å². The van der Waals surface area contributed by atoms with Crippen LogP contribution >= 0.6 is 34.0 Å². The molecule has 0 bridgehead atoms. The largest absolute Gasteiger partial charge is 0.455 e. The average molecular weight is 1110 g/mol. The number of aromatic nitrogens is 3. The van der Waals surface area contributed by atoms with Gasteiger partial charge in [-0.05, 0) is 60.7 Å². The van der Waals surface area contributed by atoms with Crippen molar-refractivity contribution in [3.8, 4) is 34.3 Å². The Morgan fingerprint density at radius 3 is 1.23 bits per heavy atom. The van der Waals surface area contributed by atoms with Crippen molar-refractivity contribution >= 4 is 188 Å². The minimum atomic E-state index is 0.351. The van der Waals surface area contributed by atoms with Gasteiger partial charge in [-0.25, -0.2) is 4.85 Å². The second kappa shape index (κ2) is 16.5. The van der Waals surface area contributed by atoms with Crippen LogP contribution < -0.4 is 0 Å². The van der Waals surface area contributed by atoms with Crippen LogP contribution in [-0.4, -0.2) is 13.7 Å². The topological polar surface area (TPSA) is 56.1 Å². The quantitative estimate of drug-likeness (QED) is 0.165. The maximum atomic E-state index is 12.7. The van der Waals surface area contributed by atoms with Crippen molar-refractivity contribution in [2.45, 2.75) is 0 Å². The Balaban J connectivity index is 1.10. The molecule has 0 saturated heterocycles. The van der Waals surface area contributed by atoms with Crippen molar-refractivity contribution in [2.75, 3.05) is 0 Å². The molecular weight excluding hydrogens is 1070 g/mol. The van der Waals surface area contributed by atoms with E-state index in [1.807, 2.05) is 34.8 Å². The lowest BCUT2D eigenvalue weighted by molar-refractivity contribution is 0.670. The predicted octanol–water partition coefficient (Wildman–Crippen LogP) is 22.1. The van der Waals surface area contributed by atoms with Crippen LogP contribution in [0.4, 0.5) is 5.69 Å². The summed E-state index contributed by atoms with van der Waals surface area (Å²) in [6.45, 7) is 10.0. The molecule has 382 valence electrons. The fourth-order valence-electron chi connectivity index (χ4n) is 14.2. The van der Waals surface area contributed by atoms with Gasteiger partial charge in [-0.15, -0.1) is 34.0 Å². The van der Waals surface area contributed by atoms with Crippen LogP contribution in [0.25, 0.3) is 181 Å². The van der Waals surface area contributed by atoms with Gasteiger partial charge in [-0.3, -0.25) is 0 Å². The zero-order valence-corrected chi connectivity index (χ0v) is 46.2. The molecule has 7 heterocycles. The number of benzene rings is 12. The third-order valence-corrected chi connectivity index (χ3v) is 21.1. The molecule has 0 radical (unpaired) electrons. The van der Waals surface area contributed by atoms with Crippen molar-refractivity contribution < 1.29 is 4.42 Å². The average Bonchev–Trinajstić information content (AvgIpc) is 2.12. The number of nitrogens with zero attached hydrogens (tertiary/aromatic N) is 5. The summed E-state index contributed by atoms with van der Waals surface area (Å²) in [5, 5.41) is 28.4. The van der Waals surface area contributed by atoms with E-state index in [2.05, 4.69) is 232 Å². The van der Waals surface area contributed by atoms with E-state index in [-0.39, 0.29) is 0 Å². The number of para-hydroxylation sites is 5. The molecule has 12 aromatic carbocycles. The van der Waals surface area contributed by atoms with Crippen molar-refractivity contribution in [1.82, 2.24) is 13.7 Å². The molecule has 0 N–H and O–H groups in total. The fraction of sp³-hybridized carbons (Fsp3) is 0. The monoisotopic (exact) mass is 1110 g/mol. The first-order chi connectivity index (χ1) is 41.1. The molecule has 0 amide bonds. The molecule has 83 heavy (non-hydrogen) atoms. The lowest BCUT2D eigenvalue weighted by atomic mass is 9.91. The van der Waals surface area contributed by atoms with Gasteiger partial charge in [0.1, 0.15) is 17.2 Å². The summed E-state index contributed by atoms with van der Waals surface area (Å²) < 4.78 is 21.3. The summed E-state index contributed by atoms with van der Waals surface area (Å²) in [5.74, 6) is 0. The Kier molecular flexibility index (Phi) is 9.02. The molecule has 7 aromatic heterocycles. The van der Waals surface area contributed by atoms with Gasteiger partial charge in [0.2, 0.25) is 5.69 Å². The molecule has 0 aliphatic heterocycles. The summed E-state index contributed by atoms with van der Waals surface area (Å²) >= 11 is 5.42. The number of hydrogen-bond acceptors (Lipinski definition) is 5. The fourth-order valence-corrected chi connectivity index (χ4v) is 18.0. The van der Waals surface area contributed by atoms with Crippen molar-refractivity contribution in [3.63, 3.8) is 0 Å². The van der Waals surface area contributed by atoms with E-state index < -0.39 is 0 Å². The van der Waals surface area contributed by atoms with Crippen LogP contribution in [0.5, 0.6) is 0 Å². The van der Waals surface area contributed by atoms with E-state index in [1.165, 1.54) is 60.5 Å². The summed E-state index contributed by atoms with van der Waals surface area (Å²) in [4.78, 5) is 4.88. The molecule has 0 atom stereocenters. The standard InChI is InChI=1S/C74H37N5OS3/c1-76-67-68(77-53-26-9-2-21-48(53)64-56(77)36-33-45-41-18-6-13-30-60(41)81-72(45)64)52(39-75)63(51-25-16-24-44-40-17-5-12-29-59(40)80-71(44)51)69(78-54-27-10-3-22-49(54)65-57(78)37-34-46-42-19-7-14-31-61(42)82-73(46)65)70(67)79-55-28-11-4-23-50(55)66-58(79)38-35-47-43-20-8-15-32-62(43)83-74(47)66/h2-38H. The molecule has 19 rings (SSSR count). The summed E-state index contributed by atoms with van der Waals surface area (Å²) in [6.07, 6.45) is 0. The van der Waals surface area contributed by atoms with Crippen LogP contribution in [0.3, 0.4) is 0 Å². The molecule has 0 aliphatic rings. The van der Waals surface area contributed by atoms with Crippen molar-refractivity contribution in [3.05, 3.63) is 241 Å². The predicted molar refractivity (Wildman–Crippen MR) is 352 cm³/mol. The molecule has 19 aromatic rings. The Morgan fingerprint density at radius 1 is 0.361 bits per heavy atom. The Hall–Kier alpha value is -10.5. The first-order valence-corrected chi connectivity index (χ1v) is 30.0. The molecule has 0 fully saturated rings. The number of thiophene rings is 3. The van der Waals surface area contributed by atoms with Gasteiger partial charge >= 0.3 is 0 Å². The van der Waals surface area contributed by atoms with Crippen molar-refractivity contribution in [2.24, 2.45) is 0 Å². The number of hydrogen-bond donors (Lipinski definition) is 0. The summed E-state index contributed by atoms with van der Waals surface area (Å²) in [5.41, 5.74) is 11.1. The molecule has 6 nitrogen and oxygen atoms in total. The van der Waals surface area contributed by atoms with Gasteiger partial charge in [0.15, 0.2) is 0 Å². The zero-order chi connectivity index (χ0) is 54.3. The minimum Gasteiger partial charge on any atom is -0.455 e. The van der Waals surface area contributed by atoms with Crippen LogP contribution in [0.15, 0.2) is 229 Å². The normalized spacial score (nSPS) is 12.3. The minimum absolute atomic E-state index is 0.351. The highest BCUT2D eigenvalue weighted by molar-refractivity contribution is 7.27. The Morgan fingerprint density at radius 2 is 0.759 bits per heavy atom. The van der Waals surface area contributed by atoms with E-state index in [9.17, 15) is 11.8 Å². The van der Waals surface area contributed by atoms with Crippen molar-refractivity contribution in [1.29, 1.82) is 5.26 Å². The van der Waals surface area contributed by atoms with Crippen LogP contribution in [0.1, 0.15) is 5.56 Å². The van der Waals surface area contributed by atoms with E-state index in [0.717, 1.165) is 87.3 Å². The van der Waals surface area contributed by atoms with E-state index in [4.69, 9.17) is 9.26 Å². The Labute approximate surface area is 483 Å². The Bertz CT molecular complexity index is 6240. The van der Waals surface area contributed by atoms with Gasteiger partial charge in [-0.2, -0.15) is 5.26 Å². The summed E-state index contributed by atoms with van der Waals surface area (Å²) in [6, 6.07) is 82.8. The highest BCUT2D eigenvalue weighted by atomic mass is 32.1. The summed E-state index contributed by atoms with van der Waals surface area (Å²) in [7, 11) is 0. The van der Waals surface area contributed by atoms with E-state index in [0.29, 0.717) is 39.5 Å². The third kappa shape index (κ3) is 5.82.